The first-order valence-electron chi connectivity index (χ1n) is 20.4. The number of hydrogen-bond donors (Lipinski definition) is 0. The Labute approximate surface area is 347 Å². The minimum absolute atomic E-state index is 0.893. The Morgan fingerprint density at radius 2 is 0.800 bits per heavy atom. The van der Waals surface area contributed by atoms with E-state index in [2.05, 4.69) is 217 Å². The molecule has 3 heteroatoms. The van der Waals surface area contributed by atoms with Crippen LogP contribution in [0.15, 0.2) is 223 Å². The number of fused-ring (bicyclic) bond motifs is 8. The molecule has 0 fully saturated rings. The molecule has 0 spiro atoms. The van der Waals surface area contributed by atoms with E-state index in [-0.39, 0.29) is 0 Å². The molecule has 3 aromatic heterocycles. The lowest BCUT2D eigenvalue weighted by Gasteiger charge is -2.12. The number of benzene rings is 9. The van der Waals surface area contributed by atoms with Crippen molar-refractivity contribution in [2.24, 2.45) is 0 Å². The van der Waals surface area contributed by atoms with Gasteiger partial charge < -0.3 is 8.98 Å². The summed E-state index contributed by atoms with van der Waals surface area (Å²) in [6, 6.07) is 78.1. The lowest BCUT2D eigenvalue weighted by Crippen LogP contribution is -1.95. The number of furan rings is 1. The maximum atomic E-state index is 6.34. The van der Waals surface area contributed by atoms with Crippen LogP contribution in [0.5, 0.6) is 0 Å². The smallest absolute Gasteiger partial charge is 0.135 e. The van der Waals surface area contributed by atoms with Gasteiger partial charge in [0.05, 0.1) is 22.4 Å². The summed E-state index contributed by atoms with van der Waals surface area (Å²) in [5.41, 5.74) is 16.3. The first kappa shape index (κ1) is 34.1. The quantitative estimate of drug-likeness (QED) is 0.169. The van der Waals surface area contributed by atoms with E-state index in [9.17, 15) is 0 Å². The van der Waals surface area contributed by atoms with Crippen LogP contribution in [0, 0.1) is 0 Å². The van der Waals surface area contributed by atoms with Crippen LogP contribution in [0.2, 0.25) is 0 Å². The van der Waals surface area contributed by atoms with E-state index in [1.807, 2.05) is 6.07 Å². The third-order valence-corrected chi connectivity index (χ3v) is 12.0. The van der Waals surface area contributed by atoms with E-state index in [1.54, 1.807) is 0 Å². The highest BCUT2D eigenvalue weighted by molar-refractivity contribution is 6.22. The standard InChI is InChI=1S/C57H36N2O/c1-4-12-37(13-5-1)42-24-30-55-48(32-42)49-33-44(25-31-56(49)60-55)43-23-28-53-50(34-43)57-47-19-11-10-16-39(47)22-29-54(57)59(53)46-26-20-41(21-27-46)52-36-45(38-14-6-2-7-15-38)35-51(58-52)40-17-8-3-9-18-40/h1-36H. The Hall–Kier alpha value is -8.01. The second-order valence-corrected chi connectivity index (χ2v) is 15.5. The maximum Gasteiger partial charge on any atom is 0.135 e. The zero-order chi connectivity index (χ0) is 39.6. The van der Waals surface area contributed by atoms with Gasteiger partial charge in [0, 0.05) is 38.4 Å². The highest BCUT2D eigenvalue weighted by Crippen LogP contribution is 2.41. The molecule has 280 valence electrons. The highest BCUT2D eigenvalue weighted by atomic mass is 16.3. The normalized spacial score (nSPS) is 11.7. The zero-order valence-corrected chi connectivity index (χ0v) is 32.6. The van der Waals surface area contributed by atoms with Crippen molar-refractivity contribution in [2.45, 2.75) is 0 Å². The SMILES string of the molecule is c1ccc(-c2cc(-c3ccccc3)nc(-c3ccc(-n4c5ccc(-c6ccc7oc8ccc(-c9ccccc9)cc8c7c6)cc5c5c6ccccc6ccc54)cc3)c2)cc1. The highest BCUT2D eigenvalue weighted by Gasteiger charge is 2.18. The van der Waals surface area contributed by atoms with E-state index in [1.165, 1.54) is 49.3 Å². The number of rotatable bonds is 6. The molecular weight excluding hydrogens is 729 g/mol. The summed E-state index contributed by atoms with van der Waals surface area (Å²) in [7, 11) is 0. The molecule has 0 aliphatic heterocycles. The van der Waals surface area contributed by atoms with E-state index in [4.69, 9.17) is 9.40 Å². The summed E-state index contributed by atoms with van der Waals surface area (Å²) in [6.45, 7) is 0. The number of pyridine rings is 1. The number of hydrogen-bond acceptors (Lipinski definition) is 2. The number of aromatic nitrogens is 2. The van der Waals surface area contributed by atoms with Gasteiger partial charge >= 0.3 is 0 Å². The lowest BCUT2D eigenvalue weighted by molar-refractivity contribution is 0.669. The Morgan fingerprint density at radius 3 is 1.45 bits per heavy atom. The first-order chi connectivity index (χ1) is 29.7. The van der Waals surface area contributed by atoms with E-state index >= 15 is 0 Å². The molecule has 12 aromatic rings. The van der Waals surface area contributed by atoms with Gasteiger partial charge in [-0.25, -0.2) is 4.98 Å². The fourth-order valence-electron chi connectivity index (χ4n) is 9.03. The van der Waals surface area contributed by atoms with Crippen LogP contribution < -0.4 is 0 Å². The predicted octanol–water partition coefficient (Wildman–Crippen LogP) is 15.6. The van der Waals surface area contributed by atoms with Crippen LogP contribution in [-0.2, 0) is 0 Å². The molecule has 3 nitrogen and oxygen atoms in total. The first-order valence-corrected chi connectivity index (χ1v) is 20.4. The molecule has 0 saturated heterocycles. The van der Waals surface area contributed by atoms with Gasteiger partial charge in [-0.1, -0.05) is 152 Å². The summed E-state index contributed by atoms with van der Waals surface area (Å²) in [5.74, 6) is 0. The minimum Gasteiger partial charge on any atom is -0.456 e. The van der Waals surface area contributed by atoms with Crippen LogP contribution in [0.3, 0.4) is 0 Å². The van der Waals surface area contributed by atoms with Crippen molar-refractivity contribution in [1.29, 1.82) is 0 Å². The van der Waals surface area contributed by atoms with Crippen LogP contribution in [0.4, 0.5) is 0 Å². The summed E-state index contributed by atoms with van der Waals surface area (Å²) in [4.78, 5) is 5.20. The Morgan fingerprint density at radius 1 is 0.317 bits per heavy atom. The third-order valence-electron chi connectivity index (χ3n) is 12.0. The van der Waals surface area contributed by atoms with Crippen molar-refractivity contribution in [3.63, 3.8) is 0 Å². The van der Waals surface area contributed by atoms with Gasteiger partial charge in [-0.2, -0.15) is 0 Å². The molecule has 9 aromatic carbocycles. The molecule has 0 aliphatic rings. The lowest BCUT2D eigenvalue weighted by atomic mass is 9.98. The van der Waals surface area contributed by atoms with Gasteiger partial charge in [0.1, 0.15) is 11.2 Å². The van der Waals surface area contributed by atoms with Crippen molar-refractivity contribution < 1.29 is 4.42 Å². The summed E-state index contributed by atoms with van der Waals surface area (Å²) in [5, 5.41) is 7.18. The van der Waals surface area contributed by atoms with Gasteiger partial charge in [-0.3, -0.25) is 0 Å². The van der Waals surface area contributed by atoms with Crippen molar-refractivity contribution in [1.82, 2.24) is 9.55 Å². The van der Waals surface area contributed by atoms with Crippen LogP contribution >= 0.6 is 0 Å². The van der Waals surface area contributed by atoms with Gasteiger partial charge in [0.25, 0.3) is 0 Å². The molecule has 0 saturated carbocycles. The monoisotopic (exact) mass is 764 g/mol. The summed E-state index contributed by atoms with van der Waals surface area (Å²) >= 11 is 0. The Kier molecular flexibility index (Phi) is 7.85. The molecule has 60 heavy (non-hydrogen) atoms. The molecule has 3 heterocycles. The summed E-state index contributed by atoms with van der Waals surface area (Å²) in [6.07, 6.45) is 0. The molecule has 0 aliphatic carbocycles. The molecule has 0 N–H and O–H groups in total. The van der Waals surface area contributed by atoms with E-state index in [0.717, 1.165) is 66.8 Å². The second kappa shape index (κ2) is 13.8. The maximum absolute atomic E-state index is 6.34. The van der Waals surface area contributed by atoms with Gasteiger partial charge in [-0.15, -0.1) is 0 Å². The predicted molar refractivity (Wildman–Crippen MR) is 251 cm³/mol. The average molecular weight is 765 g/mol. The minimum atomic E-state index is 0.893. The largest absolute Gasteiger partial charge is 0.456 e. The Balaban J connectivity index is 0.992. The van der Waals surface area contributed by atoms with Crippen molar-refractivity contribution in [3.05, 3.63) is 218 Å². The van der Waals surface area contributed by atoms with Gasteiger partial charge in [-0.05, 0) is 111 Å². The topological polar surface area (TPSA) is 31.0 Å². The fourth-order valence-corrected chi connectivity index (χ4v) is 9.03. The molecule has 0 bridgehead atoms. The van der Waals surface area contributed by atoms with Crippen molar-refractivity contribution >= 4 is 54.5 Å². The molecule has 0 atom stereocenters. The van der Waals surface area contributed by atoms with Crippen molar-refractivity contribution in [2.75, 3.05) is 0 Å². The molecular formula is C57H36N2O. The van der Waals surface area contributed by atoms with Gasteiger partial charge in [0.15, 0.2) is 0 Å². The Bertz CT molecular complexity index is 3510. The summed E-state index contributed by atoms with van der Waals surface area (Å²) < 4.78 is 8.75. The van der Waals surface area contributed by atoms with Crippen molar-refractivity contribution in [3.8, 4) is 61.6 Å². The molecule has 12 rings (SSSR count). The van der Waals surface area contributed by atoms with Crippen LogP contribution in [-0.4, -0.2) is 9.55 Å². The zero-order valence-electron chi connectivity index (χ0n) is 32.6. The third kappa shape index (κ3) is 5.71. The number of nitrogens with zero attached hydrogens (tertiary/aromatic N) is 2. The van der Waals surface area contributed by atoms with Crippen LogP contribution in [0.25, 0.3) is 116 Å². The molecule has 0 radical (unpaired) electrons. The van der Waals surface area contributed by atoms with Gasteiger partial charge in [0.2, 0.25) is 0 Å². The molecule has 0 unspecified atom stereocenters. The second-order valence-electron chi connectivity index (χ2n) is 15.5. The van der Waals surface area contributed by atoms with Crippen LogP contribution in [0.1, 0.15) is 0 Å². The molecule has 0 amide bonds. The fraction of sp³-hybridized carbons (Fsp3) is 0. The van der Waals surface area contributed by atoms with E-state index < -0.39 is 0 Å². The van der Waals surface area contributed by atoms with E-state index in [0.29, 0.717) is 0 Å². The average Bonchev–Trinajstić information content (AvgIpc) is 3.87.